The van der Waals surface area contributed by atoms with E-state index in [9.17, 15) is 19.2 Å². The van der Waals surface area contributed by atoms with Crippen LogP contribution in [-0.2, 0) is 4.74 Å². The number of piperidine rings is 1. The van der Waals surface area contributed by atoms with E-state index in [1.807, 2.05) is 121 Å². The lowest BCUT2D eigenvalue weighted by Crippen LogP contribution is -2.38. The Labute approximate surface area is 784 Å². The molecule has 706 valence electrons. The number of anilines is 4. The number of carbonyl (C=O) groups is 4. The number of aromatic nitrogens is 12. The van der Waals surface area contributed by atoms with Gasteiger partial charge in [0.25, 0.3) is 23.6 Å². The van der Waals surface area contributed by atoms with E-state index in [2.05, 4.69) is 49.4 Å². The first-order valence-corrected chi connectivity index (χ1v) is 45.7. The van der Waals surface area contributed by atoms with Crippen molar-refractivity contribution < 1.29 is 60.4 Å². The summed E-state index contributed by atoms with van der Waals surface area (Å²) in [6.45, 7) is 38.7. The first-order valence-electron chi connectivity index (χ1n) is 44.2. The van der Waals surface area contributed by atoms with Crippen molar-refractivity contribution >= 4 is 115 Å². The molecule has 4 aromatic carbocycles. The molecule has 132 heavy (non-hydrogen) atoms. The summed E-state index contributed by atoms with van der Waals surface area (Å²) >= 11 is 25.2. The van der Waals surface area contributed by atoms with Crippen LogP contribution < -0.4 is 52.5 Å². The van der Waals surface area contributed by atoms with E-state index in [1.165, 1.54) is 31.4 Å². The fraction of sp³-hybridized carbons (Fsp3) is 0.453. The third-order valence-corrected chi connectivity index (χ3v) is 25.0. The molecule has 4 amide bonds. The van der Waals surface area contributed by atoms with Crippen LogP contribution in [0.4, 0.5) is 40.8 Å². The number of fused-ring (bicyclic) bond motifs is 4. The van der Waals surface area contributed by atoms with Crippen LogP contribution in [0.25, 0.3) is 22.1 Å². The lowest BCUT2D eigenvalue weighted by molar-refractivity contribution is 0.0684. The number of nitrogens with one attached hydrogen (secondary N) is 2. The van der Waals surface area contributed by atoms with Crippen LogP contribution >= 0.6 is 46.4 Å². The summed E-state index contributed by atoms with van der Waals surface area (Å²) in [5.41, 5.74) is 31.3. The van der Waals surface area contributed by atoms with Gasteiger partial charge in [-0.15, -0.1) is 0 Å². The van der Waals surface area contributed by atoms with Crippen molar-refractivity contribution in [2.75, 3.05) is 69.4 Å². The van der Waals surface area contributed by atoms with Gasteiger partial charge < -0.3 is 67.1 Å². The van der Waals surface area contributed by atoms with Crippen molar-refractivity contribution in [1.82, 2.24) is 77.9 Å². The standard InChI is InChI=1S/C25H31ClFN5O2.2C24H29ClFN5O2.C22H27ClFN5O3/c1-13(2)34-22-17(15(4)24-30-16(5)21-23(28)29-8-11-32(21)24)12-18(26)20(27)19(22)25(33)31-9-6-14(3)7-10-31;1-12(2)33-21-16(14(4)23-29-15(5)20-22(27)28-7-9-31(20)23)10-17(25)19(26)18(21)24(32)30-8-6-13(3)11-30;1-6-24(7-8-24)30-23(32)17-18(26)16(25)11-15(20(17)33-12(2)3)13(4)22-29-14(5)19-21(27)28-9-10-31(19)22;1-11(2)32-19-14(10-15(23)17(24)16(19)22(30)27-7-9-31-5)12(3)21-28-13(4)18-20(25)26-6-8-29(18)21/h8,11-15H,6-7,9-10H2,1-5H3,(H2,28,29);7,9-10,12-14H,6,8,11H2,1-5H3,(H2,27,28);9-13H,6-8H2,1-5H3,(H2,27,28)(H,30,32);6,8,10-12H,7,9H2,1-5H3,(H2,25,26)(H,27,30). The number of carbonyl (C=O) groups excluding carboxylic acids is 4. The van der Waals surface area contributed by atoms with Gasteiger partial charge in [0.2, 0.25) is 0 Å². The van der Waals surface area contributed by atoms with Gasteiger partial charge in [-0.3, -0.25) is 36.8 Å². The average molecular weight is 1900 g/mol. The Morgan fingerprint density at radius 3 is 1.01 bits per heavy atom. The van der Waals surface area contributed by atoms with E-state index in [-0.39, 0.29) is 126 Å². The van der Waals surface area contributed by atoms with Gasteiger partial charge in [0.1, 0.15) is 114 Å². The van der Waals surface area contributed by atoms with Gasteiger partial charge in [-0.25, -0.2) is 57.4 Å². The van der Waals surface area contributed by atoms with Crippen molar-refractivity contribution in [3.05, 3.63) is 208 Å². The zero-order valence-corrected chi connectivity index (χ0v) is 81.0. The number of rotatable bonds is 25. The van der Waals surface area contributed by atoms with E-state index < -0.39 is 52.8 Å². The van der Waals surface area contributed by atoms with Gasteiger partial charge in [-0.1, -0.05) is 94.9 Å². The van der Waals surface area contributed by atoms with Gasteiger partial charge in [0.05, 0.1) is 73.9 Å². The second kappa shape index (κ2) is 41.3. The van der Waals surface area contributed by atoms with E-state index in [1.54, 1.807) is 73.2 Å². The predicted molar refractivity (Wildman–Crippen MR) is 505 cm³/mol. The minimum Gasteiger partial charge on any atom is -0.490 e. The summed E-state index contributed by atoms with van der Waals surface area (Å²) in [4.78, 5) is 91.9. The Kier molecular flexibility index (Phi) is 31.1. The minimum absolute atomic E-state index is 0.114. The molecule has 5 unspecified atom stereocenters. The maximum Gasteiger partial charge on any atom is 0.260 e. The van der Waals surface area contributed by atoms with Gasteiger partial charge >= 0.3 is 0 Å². The molecule has 37 heteroatoms. The van der Waals surface area contributed by atoms with Gasteiger partial charge in [-0.05, 0) is 158 Å². The highest BCUT2D eigenvalue weighted by atomic mass is 35.5. The van der Waals surface area contributed by atoms with Crippen LogP contribution in [0, 0.1) is 62.8 Å². The molecule has 12 aromatic rings. The van der Waals surface area contributed by atoms with Crippen molar-refractivity contribution in [1.29, 1.82) is 0 Å². The maximum absolute atomic E-state index is 15.4. The summed E-state index contributed by atoms with van der Waals surface area (Å²) in [7, 11) is 1.51. The Balaban J connectivity index is 0.000000159. The molecular weight excluding hydrogens is 1780 g/mol. The quantitative estimate of drug-likeness (QED) is 0.0229. The molecule has 10 heterocycles. The molecule has 15 rings (SSSR count). The smallest absolute Gasteiger partial charge is 0.260 e. The van der Waals surface area contributed by atoms with Gasteiger partial charge in [0, 0.05) is 141 Å². The van der Waals surface area contributed by atoms with Crippen LogP contribution in [0.15, 0.2) is 73.8 Å². The number of nitrogens with zero attached hydrogens (tertiary/aromatic N) is 14. The highest BCUT2D eigenvalue weighted by Crippen LogP contribution is 2.48. The fourth-order valence-electron chi connectivity index (χ4n) is 16.9. The normalized spacial score (nSPS) is 15.3. The Bertz CT molecular complexity index is 6350. The summed E-state index contributed by atoms with van der Waals surface area (Å²) in [6.07, 6.45) is 17.5. The van der Waals surface area contributed by atoms with Crippen molar-refractivity contribution in [2.24, 2.45) is 11.8 Å². The first kappa shape index (κ1) is 99.5. The molecule has 8 aromatic heterocycles. The van der Waals surface area contributed by atoms with Crippen LogP contribution in [0.1, 0.15) is 276 Å². The molecule has 3 aliphatic rings. The molecule has 29 nitrogen and oxygen atoms in total. The number of nitrogens with two attached hydrogens (primary N) is 4. The third-order valence-electron chi connectivity index (χ3n) is 23.9. The second-order valence-corrected chi connectivity index (χ2v) is 36.8. The van der Waals surface area contributed by atoms with E-state index in [0.717, 1.165) is 55.6 Å². The molecular formula is C95H116Cl4F4N20O9. The summed E-state index contributed by atoms with van der Waals surface area (Å²) in [6, 6.07) is 6.06. The van der Waals surface area contributed by atoms with E-state index in [0.29, 0.717) is 135 Å². The molecule has 0 spiro atoms. The van der Waals surface area contributed by atoms with Crippen molar-refractivity contribution in [2.45, 2.75) is 224 Å². The van der Waals surface area contributed by atoms with Crippen molar-refractivity contribution in [3.8, 4) is 23.0 Å². The van der Waals surface area contributed by atoms with Crippen LogP contribution in [0.3, 0.4) is 0 Å². The largest absolute Gasteiger partial charge is 0.490 e. The molecule has 1 saturated carbocycles. The Morgan fingerprint density at radius 2 is 0.727 bits per heavy atom. The number of nitrogen functional groups attached to an aromatic ring is 4. The summed E-state index contributed by atoms with van der Waals surface area (Å²) < 4.78 is 97.8. The molecule has 0 bridgehead atoms. The molecule has 2 saturated heterocycles. The molecule has 3 fully saturated rings. The number of hydrogen-bond acceptors (Lipinski definition) is 21. The number of aryl methyl sites for hydroxylation is 4. The third kappa shape index (κ3) is 20.6. The maximum atomic E-state index is 15.4. The highest BCUT2D eigenvalue weighted by molar-refractivity contribution is 6.32. The Morgan fingerprint density at radius 1 is 0.447 bits per heavy atom. The lowest BCUT2D eigenvalue weighted by Gasteiger charge is -2.31. The molecule has 5 atom stereocenters. The molecule has 10 N–H and O–H groups in total. The number of amides is 4. The number of benzene rings is 4. The molecule has 2 aliphatic heterocycles. The second-order valence-electron chi connectivity index (χ2n) is 35.2. The SMILES string of the molecule is CCC1(NC(=O)c2c(F)c(Cl)cc(C(C)c3nc(C)c4c(N)nccn34)c2OC(C)C)CC1.COCCNC(=O)c1c(F)c(Cl)cc(C(C)c2nc(C)c3c(N)nccn23)c1OC(C)C.Cc1nc(C(C)c2cc(Cl)c(F)c(C(=O)N3CCC(C)C3)c2OC(C)C)n2ccnc(N)c12.Cc1nc(C(C)c2cc(Cl)c(F)c(C(=O)N3CCC(C)CC3)c2OC(C)C)n2ccnc(N)c12. The summed E-state index contributed by atoms with van der Waals surface area (Å²) in [5, 5.41) is 5.07. The van der Waals surface area contributed by atoms with Crippen LogP contribution in [0.5, 0.6) is 23.0 Å². The zero-order valence-electron chi connectivity index (χ0n) is 78.0. The van der Waals surface area contributed by atoms with Crippen LogP contribution in [-0.4, -0.2) is 167 Å². The summed E-state index contributed by atoms with van der Waals surface area (Å²) in [5.74, 6) is -0.907. The van der Waals surface area contributed by atoms with E-state index in [4.69, 9.17) is 108 Å². The number of likely N-dealkylation sites (tertiary alicyclic amines) is 2. The van der Waals surface area contributed by atoms with Crippen LogP contribution in [0.2, 0.25) is 20.1 Å². The van der Waals surface area contributed by atoms with Gasteiger partial charge in [0.15, 0.2) is 23.3 Å². The predicted octanol–water partition coefficient (Wildman–Crippen LogP) is 18.8. The van der Waals surface area contributed by atoms with Crippen molar-refractivity contribution in [3.63, 3.8) is 0 Å². The molecule has 1 aliphatic carbocycles. The highest BCUT2D eigenvalue weighted by Gasteiger charge is 2.45. The zero-order chi connectivity index (χ0) is 96.4. The Hall–Kier alpha value is -11.5. The van der Waals surface area contributed by atoms with Gasteiger partial charge in [-0.2, -0.15) is 0 Å². The number of hydrogen-bond donors (Lipinski definition) is 6. The lowest BCUT2D eigenvalue weighted by atomic mass is 9.94. The fourth-order valence-corrected chi connectivity index (χ4v) is 17.8. The first-order chi connectivity index (χ1) is 62.4. The number of imidazole rings is 4. The topological polar surface area (TPSA) is 370 Å². The number of halogens is 8. The minimum atomic E-state index is -0.842. The number of methoxy groups -OCH3 is 1. The van der Waals surface area contributed by atoms with E-state index >= 15 is 17.6 Å². The number of ether oxygens (including phenoxy) is 5. The average Bonchev–Trinajstić information content (AvgIpc) is 1.55. The molecule has 0 radical (unpaired) electrons. The monoisotopic (exact) mass is 1900 g/mol.